The largest absolute Gasteiger partial charge is 0.382 e. The zero-order valence-electron chi connectivity index (χ0n) is 14.2. The predicted octanol–water partition coefficient (Wildman–Crippen LogP) is 4.88. The monoisotopic (exact) mass is 377 g/mol. The van der Waals surface area contributed by atoms with E-state index in [0.29, 0.717) is 22.2 Å². The number of anilines is 3. The molecular weight excluding hydrogens is 362 g/mol. The van der Waals surface area contributed by atoms with E-state index in [1.807, 2.05) is 47.0 Å². The summed E-state index contributed by atoms with van der Waals surface area (Å²) in [4.78, 5) is 16.3. The number of hydrogen-bond acceptors (Lipinski definition) is 3. The smallest absolute Gasteiger partial charge is 0.323 e. The highest BCUT2D eigenvalue weighted by Gasteiger charge is 2.09. The first-order valence-corrected chi connectivity index (χ1v) is 8.63. The third-order valence-electron chi connectivity index (χ3n) is 4.14. The van der Waals surface area contributed by atoms with Gasteiger partial charge in [0, 0.05) is 28.2 Å². The van der Waals surface area contributed by atoms with Gasteiger partial charge in [-0.2, -0.15) is 0 Å². The molecule has 27 heavy (non-hydrogen) atoms. The predicted molar refractivity (Wildman–Crippen MR) is 109 cm³/mol. The maximum Gasteiger partial charge on any atom is 0.323 e. The van der Waals surface area contributed by atoms with Crippen LogP contribution in [0.5, 0.6) is 0 Å². The zero-order valence-corrected chi connectivity index (χ0v) is 14.9. The summed E-state index contributed by atoms with van der Waals surface area (Å²) in [5, 5.41) is 6.17. The summed E-state index contributed by atoms with van der Waals surface area (Å²) in [6.45, 7) is 0. The number of nitrogens with zero attached hydrogens (tertiary/aromatic N) is 2. The molecule has 4 aromatic rings. The number of nitrogen functional groups attached to an aromatic ring is 1. The van der Waals surface area contributed by atoms with E-state index >= 15 is 0 Å². The average Bonchev–Trinajstić information content (AvgIpc) is 3.06. The Bertz CT molecular complexity index is 1100. The minimum absolute atomic E-state index is 0.327. The number of urea groups is 1. The number of amides is 2. The molecule has 0 radical (unpaired) electrons. The summed E-state index contributed by atoms with van der Waals surface area (Å²) in [5.41, 5.74) is 10.1. The molecule has 0 aliphatic rings. The number of imidazole rings is 1. The molecule has 0 aliphatic heterocycles. The number of benzene rings is 2. The molecule has 2 heterocycles. The van der Waals surface area contributed by atoms with E-state index in [1.165, 1.54) is 0 Å². The van der Waals surface area contributed by atoms with Gasteiger partial charge in [-0.3, -0.25) is 0 Å². The molecule has 4 N–H and O–H groups in total. The highest BCUT2D eigenvalue weighted by Crippen LogP contribution is 2.28. The minimum atomic E-state index is -0.327. The van der Waals surface area contributed by atoms with Crippen LogP contribution in [0.3, 0.4) is 0 Å². The Hall–Kier alpha value is -3.51. The molecule has 4 rings (SSSR count). The van der Waals surface area contributed by atoms with Gasteiger partial charge in [-0.05, 0) is 48.0 Å². The van der Waals surface area contributed by atoms with Gasteiger partial charge in [0.15, 0.2) is 0 Å². The molecule has 0 aliphatic carbocycles. The van der Waals surface area contributed by atoms with E-state index in [-0.39, 0.29) is 6.03 Å². The summed E-state index contributed by atoms with van der Waals surface area (Å²) >= 11 is 5.84. The molecule has 0 fully saturated rings. The standard InChI is InChI=1S/C20H16ClN5O/c21-14-5-9-16(10-6-14)25-20(27)24-15-7-3-13(4-8-15)17-2-1-11-26-12-23-19(22)18(17)26/h1-12H,22H2,(H2,24,25,27). The fourth-order valence-electron chi connectivity index (χ4n) is 2.87. The number of pyridine rings is 1. The second-order valence-electron chi connectivity index (χ2n) is 5.97. The van der Waals surface area contributed by atoms with Gasteiger partial charge in [-0.25, -0.2) is 9.78 Å². The van der Waals surface area contributed by atoms with Crippen LogP contribution in [0.1, 0.15) is 0 Å². The van der Waals surface area contributed by atoms with Crippen LogP contribution in [0.15, 0.2) is 73.2 Å². The van der Waals surface area contributed by atoms with Gasteiger partial charge in [0.25, 0.3) is 0 Å². The highest BCUT2D eigenvalue weighted by atomic mass is 35.5. The highest BCUT2D eigenvalue weighted by molar-refractivity contribution is 6.30. The molecule has 0 saturated heterocycles. The lowest BCUT2D eigenvalue weighted by Crippen LogP contribution is -2.19. The quantitative estimate of drug-likeness (QED) is 0.475. The van der Waals surface area contributed by atoms with Crippen molar-refractivity contribution in [3.63, 3.8) is 0 Å². The fraction of sp³-hybridized carbons (Fsp3) is 0. The molecule has 7 heteroatoms. The van der Waals surface area contributed by atoms with Crippen molar-refractivity contribution in [1.29, 1.82) is 0 Å². The SMILES string of the molecule is Nc1ncn2cccc(-c3ccc(NC(=O)Nc4ccc(Cl)cc4)cc3)c12. The number of fused-ring (bicyclic) bond motifs is 1. The van der Waals surface area contributed by atoms with Crippen molar-refractivity contribution in [2.75, 3.05) is 16.4 Å². The van der Waals surface area contributed by atoms with Gasteiger partial charge < -0.3 is 20.8 Å². The Morgan fingerprint density at radius 1 is 0.963 bits per heavy atom. The van der Waals surface area contributed by atoms with Crippen molar-refractivity contribution < 1.29 is 4.79 Å². The lowest BCUT2D eigenvalue weighted by atomic mass is 10.1. The van der Waals surface area contributed by atoms with Gasteiger partial charge in [0.2, 0.25) is 0 Å². The van der Waals surface area contributed by atoms with Gasteiger partial charge >= 0.3 is 6.03 Å². The van der Waals surface area contributed by atoms with Crippen molar-refractivity contribution in [1.82, 2.24) is 9.38 Å². The van der Waals surface area contributed by atoms with Crippen LogP contribution in [0.2, 0.25) is 5.02 Å². The minimum Gasteiger partial charge on any atom is -0.382 e. The molecular formula is C20H16ClN5O. The zero-order chi connectivity index (χ0) is 18.8. The number of aromatic nitrogens is 2. The number of carbonyl (C=O) groups excluding carboxylic acids is 1. The number of nitrogens with one attached hydrogen (secondary N) is 2. The van der Waals surface area contributed by atoms with Crippen LogP contribution >= 0.6 is 11.6 Å². The average molecular weight is 378 g/mol. The first kappa shape index (κ1) is 16.9. The lowest BCUT2D eigenvalue weighted by molar-refractivity contribution is 0.262. The summed E-state index contributed by atoms with van der Waals surface area (Å²) in [7, 11) is 0. The Morgan fingerprint density at radius 3 is 2.26 bits per heavy atom. The third-order valence-corrected chi connectivity index (χ3v) is 4.39. The topological polar surface area (TPSA) is 84.4 Å². The number of carbonyl (C=O) groups is 1. The number of rotatable bonds is 3. The van der Waals surface area contributed by atoms with Gasteiger partial charge in [-0.1, -0.05) is 29.8 Å². The molecule has 2 amide bonds. The van der Waals surface area contributed by atoms with E-state index in [9.17, 15) is 4.79 Å². The van der Waals surface area contributed by atoms with Crippen LogP contribution in [0.4, 0.5) is 22.0 Å². The van der Waals surface area contributed by atoms with E-state index in [1.54, 1.807) is 30.6 Å². The van der Waals surface area contributed by atoms with Crippen LogP contribution in [-0.4, -0.2) is 15.4 Å². The van der Waals surface area contributed by atoms with E-state index < -0.39 is 0 Å². The van der Waals surface area contributed by atoms with Crippen molar-refractivity contribution in [3.8, 4) is 11.1 Å². The summed E-state index contributed by atoms with van der Waals surface area (Å²) < 4.78 is 1.89. The third kappa shape index (κ3) is 3.56. The van der Waals surface area contributed by atoms with Crippen LogP contribution in [0, 0.1) is 0 Å². The second-order valence-corrected chi connectivity index (χ2v) is 6.41. The molecule has 0 atom stereocenters. The van der Waals surface area contributed by atoms with E-state index in [4.69, 9.17) is 17.3 Å². The Morgan fingerprint density at radius 2 is 1.59 bits per heavy atom. The van der Waals surface area contributed by atoms with Crippen molar-refractivity contribution in [2.24, 2.45) is 0 Å². The van der Waals surface area contributed by atoms with Crippen LogP contribution in [0.25, 0.3) is 16.6 Å². The normalized spacial score (nSPS) is 10.7. The van der Waals surface area contributed by atoms with Gasteiger partial charge in [0.1, 0.15) is 12.1 Å². The van der Waals surface area contributed by atoms with Crippen LogP contribution < -0.4 is 16.4 Å². The summed E-state index contributed by atoms with van der Waals surface area (Å²) in [6, 6.07) is 18.1. The molecule has 134 valence electrons. The molecule has 2 aromatic carbocycles. The van der Waals surface area contributed by atoms with E-state index in [0.717, 1.165) is 16.6 Å². The molecule has 0 bridgehead atoms. The number of halogens is 1. The fourth-order valence-corrected chi connectivity index (χ4v) is 3.00. The molecule has 0 spiro atoms. The summed E-state index contributed by atoms with van der Waals surface area (Å²) in [5.74, 6) is 0.482. The summed E-state index contributed by atoms with van der Waals surface area (Å²) in [6.07, 6.45) is 3.59. The molecule has 0 unspecified atom stereocenters. The Balaban J connectivity index is 1.51. The Kier molecular flexibility index (Phi) is 4.40. The van der Waals surface area contributed by atoms with Gasteiger partial charge in [0.05, 0.1) is 5.52 Å². The van der Waals surface area contributed by atoms with Crippen molar-refractivity contribution in [2.45, 2.75) is 0 Å². The Labute approximate surface area is 160 Å². The van der Waals surface area contributed by atoms with E-state index in [2.05, 4.69) is 15.6 Å². The molecule has 0 saturated carbocycles. The first-order valence-electron chi connectivity index (χ1n) is 8.25. The maximum absolute atomic E-state index is 12.1. The number of nitrogens with two attached hydrogens (primary N) is 1. The number of hydrogen-bond donors (Lipinski definition) is 3. The maximum atomic E-state index is 12.1. The second kappa shape index (κ2) is 7.01. The lowest BCUT2D eigenvalue weighted by Gasteiger charge is -2.09. The van der Waals surface area contributed by atoms with Crippen molar-refractivity contribution in [3.05, 3.63) is 78.2 Å². The van der Waals surface area contributed by atoms with Crippen molar-refractivity contribution >= 4 is 40.3 Å². The first-order chi connectivity index (χ1) is 13.1. The molecule has 6 nitrogen and oxygen atoms in total. The molecule has 2 aromatic heterocycles. The van der Waals surface area contributed by atoms with Crippen LogP contribution in [-0.2, 0) is 0 Å². The van der Waals surface area contributed by atoms with Gasteiger partial charge in [-0.15, -0.1) is 0 Å².